The van der Waals surface area contributed by atoms with E-state index in [1.54, 1.807) is 0 Å². The van der Waals surface area contributed by atoms with E-state index in [1.807, 2.05) is 0 Å². The van der Waals surface area contributed by atoms with Crippen LogP contribution in [0.4, 0.5) is 13.2 Å². The summed E-state index contributed by atoms with van der Waals surface area (Å²) in [5, 5.41) is 0. The molecule has 27 heavy (non-hydrogen) atoms. The number of allylic oxidation sites excluding steroid dienone is 2. The zero-order chi connectivity index (χ0) is 20.6. The van der Waals surface area contributed by atoms with E-state index >= 15 is 0 Å². The van der Waals surface area contributed by atoms with Crippen LogP contribution in [-0.2, 0) is 19.1 Å². The lowest BCUT2D eigenvalue weighted by atomic mass is 10.1. The van der Waals surface area contributed by atoms with E-state index < -0.39 is 21.6 Å². The lowest BCUT2D eigenvalue weighted by Crippen LogP contribution is -2.27. The number of carbonyl (C=O) groups excluding carboxylic acids is 1. The molecule has 0 saturated heterocycles. The van der Waals surface area contributed by atoms with Crippen molar-refractivity contribution in [3.8, 4) is 0 Å². The zero-order valence-corrected chi connectivity index (χ0v) is 17.0. The molecule has 0 spiro atoms. The van der Waals surface area contributed by atoms with Gasteiger partial charge in [0.05, 0.1) is 0 Å². The van der Waals surface area contributed by atoms with Gasteiger partial charge in [0.2, 0.25) is 0 Å². The third kappa shape index (κ3) is 14.7. The predicted molar refractivity (Wildman–Crippen MR) is 101 cm³/mol. The molecule has 0 atom stereocenters. The Labute approximate surface area is 161 Å². The van der Waals surface area contributed by atoms with E-state index in [9.17, 15) is 26.4 Å². The van der Waals surface area contributed by atoms with Crippen LogP contribution in [0.3, 0.4) is 0 Å². The SMILES string of the molecule is CCCCCCCCC=CCCCCCCCC(=O)OS(=O)(=O)C(F)(F)F. The monoisotopic (exact) mass is 414 g/mol. The van der Waals surface area contributed by atoms with Crippen LogP contribution in [0.5, 0.6) is 0 Å². The van der Waals surface area contributed by atoms with Gasteiger partial charge < -0.3 is 4.18 Å². The number of carbonyl (C=O) groups is 1. The lowest BCUT2D eigenvalue weighted by Gasteiger charge is -2.07. The molecule has 0 heterocycles. The highest BCUT2D eigenvalue weighted by Crippen LogP contribution is 2.25. The van der Waals surface area contributed by atoms with Crippen molar-refractivity contribution >= 4 is 16.1 Å². The van der Waals surface area contributed by atoms with Gasteiger partial charge in [0, 0.05) is 6.42 Å². The van der Waals surface area contributed by atoms with Crippen LogP contribution in [0.2, 0.25) is 0 Å². The van der Waals surface area contributed by atoms with Crippen LogP contribution in [0.15, 0.2) is 12.2 Å². The van der Waals surface area contributed by atoms with Crippen LogP contribution < -0.4 is 0 Å². The van der Waals surface area contributed by atoms with Crippen LogP contribution >= 0.6 is 0 Å². The normalized spacial score (nSPS) is 12.6. The molecule has 160 valence electrons. The molecule has 0 rings (SSSR count). The minimum Gasteiger partial charge on any atom is -0.339 e. The summed E-state index contributed by atoms with van der Waals surface area (Å²) >= 11 is 0. The van der Waals surface area contributed by atoms with E-state index in [2.05, 4.69) is 23.3 Å². The van der Waals surface area contributed by atoms with Gasteiger partial charge >= 0.3 is 21.6 Å². The van der Waals surface area contributed by atoms with Crippen molar-refractivity contribution in [2.75, 3.05) is 0 Å². The maximum Gasteiger partial charge on any atom is 0.534 e. The molecule has 0 aromatic heterocycles. The van der Waals surface area contributed by atoms with Crippen molar-refractivity contribution in [1.29, 1.82) is 0 Å². The summed E-state index contributed by atoms with van der Waals surface area (Å²) in [5.41, 5.74) is -5.56. The van der Waals surface area contributed by atoms with Crippen molar-refractivity contribution in [3.05, 3.63) is 12.2 Å². The molecule has 0 saturated carbocycles. The summed E-state index contributed by atoms with van der Waals surface area (Å²) in [5.74, 6) is -1.36. The number of unbranched alkanes of at least 4 members (excludes halogenated alkanes) is 11. The minimum atomic E-state index is -5.82. The van der Waals surface area contributed by atoms with Crippen molar-refractivity contribution in [1.82, 2.24) is 0 Å². The van der Waals surface area contributed by atoms with Crippen LogP contribution in [-0.4, -0.2) is 19.9 Å². The van der Waals surface area contributed by atoms with Gasteiger partial charge in [-0.1, -0.05) is 70.4 Å². The fourth-order valence-electron chi connectivity index (χ4n) is 2.55. The Balaban J connectivity index is 3.50. The van der Waals surface area contributed by atoms with Gasteiger partial charge in [-0.2, -0.15) is 21.6 Å². The first-order chi connectivity index (χ1) is 12.7. The quantitative estimate of drug-likeness (QED) is 0.127. The third-order valence-electron chi connectivity index (χ3n) is 4.13. The molecule has 0 aliphatic rings. The number of halogens is 3. The lowest BCUT2D eigenvalue weighted by molar-refractivity contribution is -0.136. The summed E-state index contributed by atoms with van der Waals surface area (Å²) in [6, 6.07) is 0. The smallest absolute Gasteiger partial charge is 0.339 e. The van der Waals surface area contributed by atoms with Crippen molar-refractivity contribution in [3.63, 3.8) is 0 Å². The summed E-state index contributed by atoms with van der Waals surface area (Å²) in [7, 11) is -5.82. The first-order valence-corrected chi connectivity index (χ1v) is 11.3. The molecule has 8 heteroatoms. The maximum atomic E-state index is 12.0. The molecule has 0 N–H and O–H groups in total. The first-order valence-electron chi connectivity index (χ1n) is 9.89. The molecule has 0 amide bonds. The molecule has 0 bridgehead atoms. The summed E-state index contributed by atoms with van der Waals surface area (Å²) < 4.78 is 61.0. The molecule has 0 aromatic rings. The van der Waals surface area contributed by atoms with Gasteiger partial charge in [-0.05, 0) is 32.1 Å². The maximum absolute atomic E-state index is 12.0. The average molecular weight is 415 g/mol. The molecule has 0 aliphatic heterocycles. The number of rotatable bonds is 16. The number of hydrogen-bond donors (Lipinski definition) is 0. The summed E-state index contributed by atoms with van der Waals surface area (Å²) in [6.07, 6.45) is 17.8. The van der Waals surface area contributed by atoms with Gasteiger partial charge in [-0.25, -0.2) is 0 Å². The van der Waals surface area contributed by atoms with E-state index in [4.69, 9.17) is 0 Å². The molecular formula is C19H33F3O4S. The highest BCUT2D eigenvalue weighted by Gasteiger charge is 2.49. The Morgan fingerprint density at radius 3 is 1.74 bits per heavy atom. The standard InChI is InChI=1S/C19H33F3O4S/c1-2-3-4-5-6-7-8-9-10-11-12-13-14-15-16-17-18(23)26-27(24,25)19(20,21)22/h9-10H,2-8,11-17H2,1H3. The van der Waals surface area contributed by atoms with Crippen molar-refractivity contribution in [2.24, 2.45) is 0 Å². The fraction of sp³-hybridized carbons (Fsp3) is 0.842. The van der Waals surface area contributed by atoms with Crippen LogP contribution in [0.1, 0.15) is 96.8 Å². The molecule has 0 aliphatic carbocycles. The predicted octanol–water partition coefficient (Wildman–Crippen LogP) is 6.42. The third-order valence-corrected chi connectivity index (χ3v) is 5.10. The Morgan fingerprint density at radius 2 is 1.26 bits per heavy atom. The molecular weight excluding hydrogens is 381 g/mol. The van der Waals surface area contributed by atoms with Crippen molar-refractivity contribution in [2.45, 2.75) is 102 Å². The van der Waals surface area contributed by atoms with E-state index in [0.29, 0.717) is 12.8 Å². The van der Waals surface area contributed by atoms with Gasteiger partial charge in [0.25, 0.3) is 0 Å². The zero-order valence-electron chi connectivity index (χ0n) is 16.2. The highest BCUT2D eigenvalue weighted by atomic mass is 32.2. The van der Waals surface area contributed by atoms with E-state index in [0.717, 1.165) is 32.1 Å². The Bertz CT molecular complexity index is 514. The molecule has 0 unspecified atom stereocenters. The number of alkyl halides is 3. The number of hydrogen-bond acceptors (Lipinski definition) is 4. The van der Waals surface area contributed by atoms with Gasteiger partial charge in [-0.3, -0.25) is 4.79 Å². The molecule has 0 fully saturated rings. The second-order valence-corrected chi connectivity index (χ2v) is 8.23. The highest BCUT2D eigenvalue weighted by molar-refractivity contribution is 7.88. The largest absolute Gasteiger partial charge is 0.534 e. The van der Waals surface area contributed by atoms with Crippen LogP contribution in [0, 0.1) is 0 Å². The minimum absolute atomic E-state index is 0.320. The fourth-order valence-corrected chi connectivity index (χ4v) is 2.97. The van der Waals surface area contributed by atoms with E-state index in [1.165, 1.54) is 38.5 Å². The molecule has 0 aromatic carbocycles. The second-order valence-electron chi connectivity index (χ2n) is 6.69. The molecule has 4 nitrogen and oxygen atoms in total. The Hall–Kier alpha value is -1.05. The van der Waals surface area contributed by atoms with Crippen molar-refractivity contribution < 1.29 is 30.6 Å². The van der Waals surface area contributed by atoms with Gasteiger partial charge in [0.1, 0.15) is 0 Å². The summed E-state index contributed by atoms with van der Waals surface area (Å²) in [6.45, 7) is 2.21. The second kappa shape index (κ2) is 14.9. The Kier molecular flexibility index (Phi) is 14.4. The Morgan fingerprint density at radius 1 is 0.815 bits per heavy atom. The van der Waals surface area contributed by atoms with E-state index in [-0.39, 0.29) is 6.42 Å². The van der Waals surface area contributed by atoms with Gasteiger partial charge in [-0.15, -0.1) is 0 Å². The first kappa shape index (κ1) is 26.0. The van der Waals surface area contributed by atoms with Crippen LogP contribution in [0.25, 0.3) is 0 Å². The average Bonchev–Trinajstić information content (AvgIpc) is 2.57. The van der Waals surface area contributed by atoms with Gasteiger partial charge in [0.15, 0.2) is 0 Å². The topological polar surface area (TPSA) is 60.4 Å². The summed E-state index contributed by atoms with van der Waals surface area (Å²) in [4.78, 5) is 11.1. The molecule has 0 radical (unpaired) electrons.